The molecule has 6 nitrogen and oxygen atoms in total. The van der Waals surface area contributed by atoms with E-state index < -0.39 is 0 Å². The first kappa shape index (κ1) is 23.0. The van der Waals surface area contributed by atoms with E-state index in [1.807, 2.05) is 34.1 Å². The van der Waals surface area contributed by atoms with E-state index in [1.54, 1.807) is 6.92 Å². The number of morpholine rings is 1. The van der Waals surface area contributed by atoms with Crippen molar-refractivity contribution >= 4 is 29.1 Å². The molecule has 0 unspecified atom stereocenters. The molecule has 0 aliphatic carbocycles. The van der Waals surface area contributed by atoms with Crippen LogP contribution in [0.25, 0.3) is 0 Å². The molecular formula is C23H34ClN3O3. The van der Waals surface area contributed by atoms with Crippen molar-refractivity contribution in [1.82, 2.24) is 9.80 Å². The number of carbonyl (C=O) groups is 2. The third kappa shape index (κ3) is 6.19. The van der Waals surface area contributed by atoms with Crippen LogP contribution in [0.5, 0.6) is 0 Å². The van der Waals surface area contributed by atoms with Gasteiger partial charge in [-0.3, -0.25) is 14.5 Å². The molecule has 1 aromatic carbocycles. The fraction of sp³-hybridized carbons (Fsp3) is 0.652. The van der Waals surface area contributed by atoms with E-state index in [1.165, 1.54) is 0 Å². The molecule has 7 heteroatoms. The van der Waals surface area contributed by atoms with Gasteiger partial charge in [0, 0.05) is 62.8 Å². The first-order chi connectivity index (χ1) is 14.3. The summed E-state index contributed by atoms with van der Waals surface area (Å²) < 4.78 is 5.82. The SMILES string of the molecule is CC(=O)N1CCC(C(=O)N(CCCN2C[C@@H](C)O[C@@H](C)C2)c2cccc(Cl)c2)CC1. The molecular weight excluding hydrogens is 402 g/mol. The maximum Gasteiger partial charge on any atom is 0.230 e. The Bertz CT molecular complexity index is 726. The van der Waals surface area contributed by atoms with Gasteiger partial charge in [-0.1, -0.05) is 17.7 Å². The summed E-state index contributed by atoms with van der Waals surface area (Å²) in [7, 11) is 0. The van der Waals surface area contributed by atoms with Crippen LogP contribution in [0.2, 0.25) is 5.02 Å². The second kappa shape index (κ2) is 10.6. The Balaban J connectivity index is 1.64. The average Bonchev–Trinajstić information content (AvgIpc) is 2.70. The smallest absolute Gasteiger partial charge is 0.230 e. The summed E-state index contributed by atoms with van der Waals surface area (Å²) in [6, 6.07) is 7.54. The summed E-state index contributed by atoms with van der Waals surface area (Å²) in [4.78, 5) is 31.2. The molecule has 2 heterocycles. The predicted octanol–water partition coefficient (Wildman–Crippen LogP) is 3.43. The third-order valence-electron chi connectivity index (χ3n) is 6.03. The molecule has 2 amide bonds. The van der Waals surface area contributed by atoms with Crippen LogP contribution in [-0.2, 0) is 14.3 Å². The molecule has 3 rings (SSSR count). The number of anilines is 1. The molecule has 166 valence electrons. The number of carbonyl (C=O) groups excluding carboxylic acids is 2. The van der Waals surface area contributed by atoms with Gasteiger partial charge in [0.15, 0.2) is 0 Å². The van der Waals surface area contributed by atoms with Crippen molar-refractivity contribution in [3.63, 3.8) is 0 Å². The lowest BCUT2D eigenvalue weighted by molar-refractivity contribution is -0.133. The monoisotopic (exact) mass is 435 g/mol. The highest BCUT2D eigenvalue weighted by molar-refractivity contribution is 6.30. The fourth-order valence-corrected chi connectivity index (χ4v) is 4.78. The number of nitrogens with zero attached hydrogens (tertiary/aromatic N) is 3. The summed E-state index contributed by atoms with van der Waals surface area (Å²) in [5.41, 5.74) is 0.852. The lowest BCUT2D eigenvalue weighted by Gasteiger charge is -2.36. The zero-order valence-electron chi connectivity index (χ0n) is 18.3. The molecule has 0 spiro atoms. The highest BCUT2D eigenvalue weighted by atomic mass is 35.5. The highest BCUT2D eigenvalue weighted by Crippen LogP contribution is 2.26. The molecule has 2 aliphatic heterocycles. The number of halogens is 1. The molecule has 30 heavy (non-hydrogen) atoms. The van der Waals surface area contributed by atoms with E-state index in [-0.39, 0.29) is 29.9 Å². The maximum absolute atomic E-state index is 13.4. The standard InChI is InChI=1S/C23H34ClN3O3/c1-17-15-25(16-18(2)30-17)10-5-11-27(22-7-4-6-21(24)14-22)23(29)20-8-12-26(13-9-20)19(3)28/h4,6-7,14,17-18,20H,5,8-13,15-16H2,1-3H3/t17-,18+. The molecule has 0 N–H and O–H groups in total. The van der Waals surface area contributed by atoms with E-state index in [0.717, 1.165) is 31.7 Å². The Hall–Kier alpha value is -1.63. The Kier molecular flexibility index (Phi) is 8.14. The zero-order chi connectivity index (χ0) is 21.7. The Morgan fingerprint density at radius 3 is 2.43 bits per heavy atom. The van der Waals surface area contributed by atoms with Gasteiger partial charge >= 0.3 is 0 Å². The van der Waals surface area contributed by atoms with Crippen LogP contribution >= 0.6 is 11.6 Å². The van der Waals surface area contributed by atoms with E-state index >= 15 is 0 Å². The molecule has 1 aromatic rings. The number of ether oxygens (including phenoxy) is 1. The number of hydrogen-bond acceptors (Lipinski definition) is 4. The second-order valence-electron chi connectivity index (χ2n) is 8.62. The van der Waals surface area contributed by atoms with Gasteiger partial charge in [0.2, 0.25) is 11.8 Å². The van der Waals surface area contributed by atoms with Crippen molar-refractivity contribution in [2.24, 2.45) is 5.92 Å². The molecule has 0 bridgehead atoms. The van der Waals surface area contributed by atoms with Gasteiger partial charge in [0.05, 0.1) is 12.2 Å². The van der Waals surface area contributed by atoms with Crippen LogP contribution in [0.3, 0.4) is 0 Å². The highest BCUT2D eigenvalue weighted by Gasteiger charge is 2.30. The van der Waals surface area contributed by atoms with Gasteiger partial charge in [-0.05, 0) is 51.3 Å². The number of hydrogen-bond donors (Lipinski definition) is 0. The molecule has 2 saturated heterocycles. The first-order valence-corrected chi connectivity index (χ1v) is 11.4. The summed E-state index contributed by atoms with van der Waals surface area (Å²) in [5.74, 6) is 0.175. The number of likely N-dealkylation sites (tertiary alicyclic amines) is 1. The largest absolute Gasteiger partial charge is 0.373 e. The Labute approximate surface area is 185 Å². The topological polar surface area (TPSA) is 53.1 Å². The van der Waals surface area contributed by atoms with Gasteiger partial charge in [0.25, 0.3) is 0 Å². The molecule has 2 aliphatic rings. The van der Waals surface area contributed by atoms with E-state index in [9.17, 15) is 9.59 Å². The van der Waals surface area contributed by atoms with Crippen LogP contribution < -0.4 is 4.90 Å². The quantitative estimate of drug-likeness (QED) is 0.686. The number of benzene rings is 1. The van der Waals surface area contributed by atoms with Crippen LogP contribution in [0.1, 0.15) is 40.0 Å². The molecule has 0 aromatic heterocycles. The van der Waals surface area contributed by atoms with E-state index in [2.05, 4.69) is 18.7 Å². The van der Waals surface area contributed by atoms with Crippen molar-refractivity contribution in [3.05, 3.63) is 29.3 Å². The van der Waals surface area contributed by atoms with Gasteiger partial charge in [-0.2, -0.15) is 0 Å². The normalized spacial score (nSPS) is 23.4. The van der Waals surface area contributed by atoms with Crippen molar-refractivity contribution in [3.8, 4) is 0 Å². The predicted molar refractivity (Wildman–Crippen MR) is 120 cm³/mol. The first-order valence-electron chi connectivity index (χ1n) is 11.0. The van der Waals surface area contributed by atoms with Gasteiger partial charge in [-0.15, -0.1) is 0 Å². The number of rotatable bonds is 6. The van der Waals surface area contributed by atoms with Crippen molar-refractivity contribution in [2.75, 3.05) is 44.2 Å². The van der Waals surface area contributed by atoms with Crippen molar-refractivity contribution < 1.29 is 14.3 Å². The molecule has 0 saturated carbocycles. The minimum Gasteiger partial charge on any atom is -0.373 e. The minimum absolute atomic E-state index is 0.0528. The van der Waals surface area contributed by atoms with E-state index in [0.29, 0.717) is 37.5 Å². The Morgan fingerprint density at radius 1 is 1.17 bits per heavy atom. The lowest BCUT2D eigenvalue weighted by atomic mass is 9.94. The summed E-state index contributed by atoms with van der Waals surface area (Å²) in [6.45, 7) is 10.6. The van der Waals surface area contributed by atoms with Crippen molar-refractivity contribution in [1.29, 1.82) is 0 Å². The van der Waals surface area contributed by atoms with Crippen LogP contribution in [0, 0.1) is 5.92 Å². The summed E-state index contributed by atoms with van der Waals surface area (Å²) in [6.07, 6.45) is 2.81. The van der Waals surface area contributed by atoms with E-state index in [4.69, 9.17) is 16.3 Å². The minimum atomic E-state index is -0.0528. The van der Waals surface area contributed by atoms with Gasteiger partial charge in [0.1, 0.15) is 0 Å². The maximum atomic E-state index is 13.4. The molecule has 2 fully saturated rings. The fourth-order valence-electron chi connectivity index (χ4n) is 4.59. The van der Waals surface area contributed by atoms with Crippen molar-refractivity contribution in [2.45, 2.75) is 52.2 Å². The molecule has 0 radical (unpaired) electrons. The van der Waals surface area contributed by atoms with Crippen LogP contribution in [0.4, 0.5) is 5.69 Å². The number of amides is 2. The average molecular weight is 436 g/mol. The second-order valence-corrected chi connectivity index (χ2v) is 9.06. The van der Waals surface area contributed by atoms with Crippen LogP contribution in [0.15, 0.2) is 24.3 Å². The lowest BCUT2D eigenvalue weighted by Crippen LogP contribution is -2.47. The van der Waals surface area contributed by atoms with Crippen LogP contribution in [-0.4, -0.2) is 73.1 Å². The zero-order valence-corrected chi connectivity index (χ0v) is 19.1. The van der Waals surface area contributed by atoms with Gasteiger partial charge in [-0.25, -0.2) is 0 Å². The third-order valence-corrected chi connectivity index (χ3v) is 6.26. The molecule has 2 atom stereocenters. The summed E-state index contributed by atoms with van der Waals surface area (Å²) in [5, 5.41) is 0.632. The summed E-state index contributed by atoms with van der Waals surface area (Å²) >= 11 is 6.22. The van der Waals surface area contributed by atoms with Gasteiger partial charge < -0.3 is 14.5 Å². The Morgan fingerprint density at radius 2 is 1.83 bits per heavy atom. The number of piperidine rings is 1.